The van der Waals surface area contributed by atoms with Crippen LogP contribution in [0.5, 0.6) is 0 Å². The van der Waals surface area contributed by atoms with E-state index >= 15 is 0 Å². The van der Waals surface area contributed by atoms with E-state index < -0.39 is 0 Å². The Kier molecular flexibility index (Phi) is 4.70. The zero-order chi connectivity index (χ0) is 18.1. The first-order chi connectivity index (χ1) is 12.6. The maximum absolute atomic E-state index is 13.4. The van der Waals surface area contributed by atoms with Crippen LogP contribution in [0.25, 0.3) is 0 Å². The Balaban J connectivity index is 1.59. The van der Waals surface area contributed by atoms with Crippen molar-refractivity contribution >= 4 is 11.8 Å². The van der Waals surface area contributed by atoms with Crippen LogP contribution in [0.2, 0.25) is 0 Å². The Labute approximate surface area is 152 Å². The summed E-state index contributed by atoms with van der Waals surface area (Å²) >= 11 is 0. The molecule has 2 heterocycles. The van der Waals surface area contributed by atoms with Crippen molar-refractivity contribution < 1.29 is 14.1 Å². The fraction of sp³-hybridized carbons (Fsp3) is 0.400. The van der Waals surface area contributed by atoms with Crippen LogP contribution in [-0.2, 0) is 0 Å². The molecule has 0 radical (unpaired) electrons. The molecule has 1 saturated heterocycles. The number of amides is 2. The van der Waals surface area contributed by atoms with Crippen LogP contribution < -0.4 is 0 Å². The van der Waals surface area contributed by atoms with E-state index in [-0.39, 0.29) is 17.9 Å². The predicted molar refractivity (Wildman–Crippen MR) is 96.3 cm³/mol. The summed E-state index contributed by atoms with van der Waals surface area (Å²) in [5, 5.41) is 0.820. The molecule has 1 aromatic rings. The number of halogens is 1. The zero-order valence-corrected chi connectivity index (χ0v) is 14.6. The van der Waals surface area contributed by atoms with Gasteiger partial charge in [-0.15, -0.1) is 9.60 Å². The minimum absolute atomic E-state index is 0.0949. The van der Waals surface area contributed by atoms with Gasteiger partial charge in [0.15, 0.2) is 0 Å². The van der Waals surface area contributed by atoms with Crippen LogP contribution >= 0.6 is 0 Å². The molecule has 26 heavy (non-hydrogen) atoms. The van der Waals surface area contributed by atoms with Crippen LogP contribution in [0.1, 0.15) is 33.6 Å². The molecule has 2 aliphatic heterocycles. The summed E-state index contributed by atoms with van der Waals surface area (Å²) in [4.78, 5) is 29.0. The van der Waals surface area contributed by atoms with Gasteiger partial charge in [0.2, 0.25) is 0 Å². The van der Waals surface area contributed by atoms with Gasteiger partial charge in [-0.1, -0.05) is 30.4 Å². The fourth-order valence-corrected chi connectivity index (χ4v) is 3.90. The highest BCUT2D eigenvalue weighted by Gasteiger charge is 2.38. The second-order valence-corrected chi connectivity index (χ2v) is 6.91. The molecule has 0 saturated carbocycles. The van der Waals surface area contributed by atoms with Crippen LogP contribution in [0.3, 0.4) is 0 Å². The first-order valence-electron chi connectivity index (χ1n) is 9.12. The molecule has 1 fully saturated rings. The van der Waals surface area contributed by atoms with E-state index in [1.165, 1.54) is 4.90 Å². The minimum Gasteiger partial charge on any atom is -0.292 e. The first kappa shape index (κ1) is 17.1. The number of carbonyl (C=O) groups is 2. The first-order valence-corrected chi connectivity index (χ1v) is 9.12. The van der Waals surface area contributed by atoms with Crippen LogP contribution in [0.15, 0.2) is 48.1 Å². The van der Waals surface area contributed by atoms with Gasteiger partial charge in [0.25, 0.3) is 11.8 Å². The highest BCUT2D eigenvalue weighted by molar-refractivity contribution is 6.21. The number of hydrogen-bond acceptors (Lipinski definition) is 4. The van der Waals surface area contributed by atoms with Gasteiger partial charge in [0.05, 0.1) is 17.2 Å². The summed E-state index contributed by atoms with van der Waals surface area (Å²) in [5.74, 6) is -0.472. The molecule has 3 aliphatic rings. The lowest BCUT2D eigenvalue weighted by Crippen LogP contribution is -2.53. The summed E-state index contributed by atoms with van der Waals surface area (Å²) in [5.41, 5.74) is 2.05. The largest absolute Gasteiger partial charge is 0.292 e. The van der Waals surface area contributed by atoms with Crippen LogP contribution in [0.4, 0.5) is 4.48 Å². The second kappa shape index (κ2) is 7.13. The summed E-state index contributed by atoms with van der Waals surface area (Å²) in [7, 11) is 0. The van der Waals surface area contributed by atoms with Crippen molar-refractivity contribution in [3.8, 4) is 0 Å². The lowest BCUT2D eigenvalue weighted by molar-refractivity contribution is -0.0302. The van der Waals surface area contributed by atoms with Crippen molar-refractivity contribution in [2.75, 3.05) is 32.7 Å². The van der Waals surface area contributed by atoms with Gasteiger partial charge in [0, 0.05) is 32.7 Å². The van der Waals surface area contributed by atoms with Crippen molar-refractivity contribution in [2.24, 2.45) is 0 Å². The summed E-state index contributed by atoms with van der Waals surface area (Å²) in [6, 6.07) is 6.86. The molecule has 0 spiro atoms. The number of fused-ring (bicyclic) bond motifs is 1. The van der Waals surface area contributed by atoms with Gasteiger partial charge in [0.1, 0.15) is 0 Å². The summed E-state index contributed by atoms with van der Waals surface area (Å²) in [6.45, 7) is 2.14. The van der Waals surface area contributed by atoms with E-state index in [4.69, 9.17) is 0 Å². The van der Waals surface area contributed by atoms with Gasteiger partial charge < -0.3 is 0 Å². The molecule has 0 bridgehead atoms. The number of carbonyl (C=O) groups excluding carboxylic acids is 2. The molecule has 6 heteroatoms. The van der Waals surface area contributed by atoms with Crippen molar-refractivity contribution in [2.45, 2.75) is 18.9 Å². The SMILES string of the molecule is O=C1c2ccccc2C(=O)N1CC(C1=CCCC=C1)N1CCN(F)CC1. The number of imide groups is 1. The topological polar surface area (TPSA) is 43.9 Å². The molecule has 0 N–H and O–H groups in total. The van der Waals surface area contributed by atoms with Crippen LogP contribution in [0, 0.1) is 0 Å². The predicted octanol–water partition coefficient (Wildman–Crippen LogP) is 2.43. The van der Waals surface area contributed by atoms with Gasteiger partial charge in [-0.3, -0.25) is 19.4 Å². The Morgan fingerprint density at radius 3 is 2.19 bits per heavy atom. The molecule has 1 atom stereocenters. The third-order valence-electron chi connectivity index (χ3n) is 5.34. The highest BCUT2D eigenvalue weighted by atomic mass is 19.2. The molecule has 1 unspecified atom stereocenters. The highest BCUT2D eigenvalue weighted by Crippen LogP contribution is 2.26. The molecule has 1 aromatic carbocycles. The van der Waals surface area contributed by atoms with E-state index in [1.54, 1.807) is 24.3 Å². The number of nitrogens with zero attached hydrogens (tertiary/aromatic N) is 3. The van der Waals surface area contributed by atoms with E-state index in [2.05, 4.69) is 23.1 Å². The normalized spacial score (nSPS) is 22.5. The molecule has 1 aliphatic carbocycles. The van der Waals surface area contributed by atoms with E-state index in [1.807, 2.05) is 0 Å². The van der Waals surface area contributed by atoms with E-state index in [9.17, 15) is 14.1 Å². The second-order valence-electron chi connectivity index (χ2n) is 6.91. The number of allylic oxidation sites excluding steroid dienone is 2. The molecule has 2 amide bonds. The monoisotopic (exact) mass is 355 g/mol. The van der Waals surface area contributed by atoms with Crippen molar-refractivity contribution in [3.63, 3.8) is 0 Å². The Bertz CT molecular complexity index is 746. The number of rotatable bonds is 4. The number of hydrogen-bond donors (Lipinski definition) is 0. The van der Waals surface area contributed by atoms with E-state index in [0.29, 0.717) is 43.9 Å². The fourth-order valence-electron chi connectivity index (χ4n) is 3.90. The van der Waals surface area contributed by atoms with Gasteiger partial charge in [-0.05, 0) is 30.5 Å². The van der Waals surface area contributed by atoms with Gasteiger partial charge >= 0.3 is 0 Å². The average Bonchev–Trinajstić information content (AvgIpc) is 2.92. The third kappa shape index (κ3) is 3.10. The maximum atomic E-state index is 13.4. The van der Waals surface area contributed by atoms with Gasteiger partial charge in [-0.25, -0.2) is 0 Å². The molecule has 136 valence electrons. The van der Waals surface area contributed by atoms with E-state index in [0.717, 1.165) is 23.5 Å². The Hall–Kier alpha value is -2.31. The molecule has 0 aromatic heterocycles. The van der Waals surface area contributed by atoms with Crippen molar-refractivity contribution in [1.82, 2.24) is 14.9 Å². The number of benzene rings is 1. The van der Waals surface area contributed by atoms with Crippen molar-refractivity contribution in [1.29, 1.82) is 0 Å². The standard InChI is InChI=1S/C20H22FN3O2/c21-23-12-10-22(11-13-23)18(15-6-2-1-3-7-15)14-24-19(25)16-8-4-5-9-17(16)20(24)26/h2,4-9,18H,1,3,10-14H2. The number of piperazine rings is 1. The lowest BCUT2D eigenvalue weighted by Gasteiger charge is -2.38. The zero-order valence-electron chi connectivity index (χ0n) is 14.6. The van der Waals surface area contributed by atoms with Crippen LogP contribution in [-0.4, -0.2) is 65.5 Å². The summed E-state index contributed by atoms with van der Waals surface area (Å²) in [6.07, 6.45) is 8.32. The molecular formula is C20H22FN3O2. The third-order valence-corrected chi connectivity index (χ3v) is 5.34. The smallest absolute Gasteiger partial charge is 0.261 e. The Morgan fingerprint density at radius 2 is 1.62 bits per heavy atom. The van der Waals surface area contributed by atoms with Gasteiger partial charge in [-0.2, -0.15) is 0 Å². The minimum atomic E-state index is -0.236. The maximum Gasteiger partial charge on any atom is 0.261 e. The molecular weight excluding hydrogens is 333 g/mol. The molecule has 4 rings (SSSR count). The summed E-state index contributed by atoms with van der Waals surface area (Å²) < 4.78 is 13.4. The quantitative estimate of drug-likeness (QED) is 0.615. The van der Waals surface area contributed by atoms with Crippen molar-refractivity contribution in [3.05, 3.63) is 59.2 Å². The Morgan fingerprint density at radius 1 is 0.962 bits per heavy atom. The molecule has 5 nitrogen and oxygen atoms in total. The lowest BCUT2D eigenvalue weighted by atomic mass is 9.97. The average molecular weight is 355 g/mol.